The molecule has 2 aromatic rings. The Morgan fingerprint density at radius 1 is 1.47 bits per heavy atom. The first-order chi connectivity index (χ1) is 8.97. The number of aromatic nitrogens is 4. The van der Waals surface area contributed by atoms with Crippen molar-refractivity contribution >= 4 is 12.2 Å². The molecule has 1 unspecified atom stereocenters. The molecule has 19 heavy (non-hydrogen) atoms. The van der Waals surface area contributed by atoms with Crippen LogP contribution in [0.25, 0.3) is 11.4 Å². The summed E-state index contributed by atoms with van der Waals surface area (Å²) in [6, 6.07) is 3.92. The maximum atomic E-state index is 12.6. The Morgan fingerprint density at radius 3 is 2.68 bits per heavy atom. The van der Waals surface area contributed by atoms with Crippen molar-refractivity contribution in [3.63, 3.8) is 0 Å². The number of pyridine rings is 1. The number of aromatic amines is 1. The van der Waals surface area contributed by atoms with Gasteiger partial charge in [0.1, 0.15) is 0 Å². The van der Waals surface area contributed by atoms with E-state index < -0.39 is 0 Å². The van der Waals surface area contributed by atoms with Crippen molar-refractivity contribution in [1.82, 2.24) is 19.3 Å². The maximum absolute atomic E-state index is 12.6. The lowest BCUT2D eigenvalue weighted by Crippen LogP contribution is -2.26. The minimum atomic E-state index is -0.0218. The van der Waals surface area contributed by atoms with Gasteiger partial charge in [0.25, 0.3) is 5.56 Å². The monoisotopic (exact) mass is 278 g/mol. The van der Waals surface area contributed by atoms with E-state index in [0.29, 0.717) is 16.2 Å². The average molecular weight is 278 g/mol. The minimum Gasteiger partial charge on any atom is -0.310 e. The summed E-state index contributed by atoms with van der Waals surface area (Å²) >= 11 is 5.09. The topological polar surface area (TPSA) is 55.6 Å². The lowest BCUT2D eigenvalue weighted by Gasteiger charge is -2.17. The molecule has 0 fully saturated rings. The molecule has 1 N–H and O–H groups in total. The van der Waals surface area contributed by atoms with E-state index in [-0.39, 0.29) is 11.6 Å². The van der Waals surface area contributed by atoms with Crippen molar-refractivity contribution in [2.45, 2.75) is 33.2 Å². The van der Waals surface area contributed by atoms with Crippen LogP contribution in [0.5, 0.6) is 0 Å². The number of rotatable bonds is 3. The van der Waals surface area contributed by atoms with Gasteiger partial charge in [-0.15, -0.1) is 0 Å². The maximum Gasteiger partial charge on any atom is 0.262 e. The van der Waals surface area contributed by atoms with E-state index in [9.17, 15) is 4.79 Å². The van der Waals surface area contributed by atoms with Crippen LogP contribution in [0.3, 0.4) is 0 Å². The highest BCUT2D eigenvalue weighted by Crippen LogP contribution is 2.16. The van der Waals surface area contributed by atoms with Crippen LogP contribution >= 0.6 is 12.2 Å². The highest BCUT2D eigenvalue weighted by molar-refractivity contribution is 7.71. The van der Waals surface area contributed by atoms with Gasteiger partial charge in [0.05, 0.1) is 5.56 Å². The summed E-state index contributed by atoms with van der Waals surface area (Å²) in [7, 11) is 1.80. The molecule has 0 aliphatic carbocycles. The third-order valence-electron chi connectivity index (χ3n) is 3.47. The highest BCUT2D eigenvalue weighted by Gasteiger charge is 2.15. The van der Waals surface area contributed by atoms with E-state index in [4.69, 9.17) is 12.2 Å². The summed E-state index contributed by atoms with van der Waals surface area (Å²) in [5.74, 6) is 0.576. The van der Waals surface area contributed by atoms with Crippen molar-refractivity contribution in [3.8, 4) is 11.4 Å². The second-order valence-corrected chi connectivity index (χ2v) is 5.12. The van der Waals surface area contributed by atoms with Gasteiger partial charge in [0.2, 0.25) is 0 Å². The SMILES string of the molecule is CCC(C)n1c(C)ccc(-c2n[nH]c(=S)n2C)c1=O. The molecule has 0 amide bonds. The molecule has 6 heteroatoms. The Morgan fingerprint density at radius 2 is 2.16 bits per heavy atom. The van der Waals surface area contributed by atoms with Gasteiger partial charge in [-0.05, 0) is 44.6 Å². The first-order valence-electron chi connectivity index (χ1n) is 6.31. The van der Waals surface area contributed by atoms with Crippen molar-refractivity contribution in [2.24, 2.45) is 7.05 Å². The molecule has 0 spiro atoms. The summed E-state index contributed by atoms with van der Waals surface area (Å²) in [4.78, 5) is 12.6. The van der Waals surface area contributed by atoms with Gasteiger partial charge in [-0.2, -0.15) is 5.10 Å². The molecule has 0 saturated heterocycles. The minimum absolute atomic E-state index is 0.0218. The molecule has 0 aliphatic heterocycles. The van der Waals surface area contributed by atoms with Gasteiger partial charge in [0.15, 0.2) is 10.6 Å². The Hall–Kier alpha value is -1.69. The molecule has 102 valence electrons. The fraction of sp³-hybridized carbons (Fsp3) is 0.462. The molecular formula is C13H18N4OS. The summed E-state index contributed by atoms with van der Waals surface area (Å²) in [6.07, 6.45) is 0.906. The first-order valence-corrected chi connectivity index (χ1v) is 6.72. The molecule has 0 aromatic carbocycles. The molecule has 2 heterocycles. The predicted molar refractivity (Wildman–Crippen MR) is 77.8 cm³/mol. The molecule has 0 bridgehead atoms. The second-order valence-electron chi connectivity index (χ2n) is 4.73. The van der Waals surface area contributed by atoms with Gasteiger partial charge < -0.3 is 9.13 Å². The quantitative estimate of drug-likeness (QED) is 0.878. The van der Waals surface area contributed by atoms with Crippen LogP contribution in [-0.2, 0) is 7.05 Å². The zero-order chi connectivity index (χ0) is 14.2. The van der Waals surface area contributed by atoms with Gasteiger partial charge >= 0.3 is 0 Å². The normalized spacial score (nSPS) is 12.6. The van der Waals surface area contributed by atoms with Crippen molar-refractivity contribution < 1.29 is 0 Å². The number of nitrogens with zero attached hydrogens (tertiary/aromatic N) is 3. The average Bonchev–Trinajstić information content (AvgIpc) is 2.70. The molecule has 2 rings (SSSR count). The number of nitrogens with one attached hydrogen (secondary N) is 1. The van der Waals surface area contributed by atoms with Crippen molar-refractivity contribution in [2.75, 3.05) is 0 Å². The number of H-pyrrole nitrogens is 1. The van der Waals surface area contributed by atoms with Crippen molar-refractivity contribution in [1.29, 1.82) is 0 Å². The van der Waals surface area contributed by atoms with Crippen LogP contribution in [0, 0.1) is 11.7 Å². The third kappa shape index (κ3) is 2.28. The fourth-order valence-corrected chi connectivity index (χ4v) is 2.27. The molecule has 2 aromatic heterocycles. The molecule has 0 aliphatic rings. The Balaban J connectivity index is 2.71. The van der Waals surface area contributed by atoms with E-state index in [1.54, 1.807) is 11.6 Å². The molecule has 1 atom stereocenters. The zero-order valence-electron chi connectivity index (χ0n) is 11.6. The molecular weight excluding hydrogens is 260 g/mol. The number of hydrogen-bond donors (Lipinski definition) is 1. The van der Waals surface area contributed by atoms with Crippen molar-refractivity contribution in [3.05, 3.63) is 33.0 Å². The van der Waals surface area contributed by atoms with Crippen LogP contribution in [0.4, 0.5) is 0 Å². The van der Waals surface area contributed by atoms with E-state index in [1.807, 2.05) is 30.5 Å². The second kappa shape index (κ2) is 5.13. The standard InChI is InChI=1S/C13H18N4OS/c1-5-8(2)17-9(3)6-7-10(12(17)18)11-14-15-13(19)16(11)4/h6-8H,5H2,1-4H3,(H,15,19). The van der Waals surface area contributed by atoms with E-state index in [0.717, 1.165) is 12.1 Å². The van der Waals surface area contributed by atoms with E-state index in [1.165, 1.54) is 0 Å². The Bertz CT molecular complexity index is 710. The first kappa shape index (κ1) is 13.7. The smallest absolute Gasteiger partial charge is 0.262 e. The van der Waals surface area contributed by atoms with Crippen LogP contribution in [-0.4, -0.2) is 19.3 Å². The predicted octanol–water partition coefficient (Wildman–Crippen LogP) is 2.59. The summed E-state index contributed by atoms with van der Waals surface area (Å²) in [5, 5.41) is 6.84. The Labute approximate surface area is 116 Å². The van der Waals surface area contributed by atoms with Gasteiger partial charge in [-0.3, -0.25) is 9.89 Å². The Kier molecular flexibility index (Phi) is 3.71. The van der Waals surface area contributed by atoms with Gasteiger partial charge in [-0.1, -0.05) is 6.92 Å². The summed E-state index contributed by atoms with van der Waals surface area (Å²) in [5.41, 5.74) is 1.51. The summed E-state index contributed by atoms with van der Waals surface area (Å²) in [6.45, 7) is 6.06. The van der Waals surface area contributed by atoms with E-state index in [2.05, 4.69) is 17.1 Å². The van der Waals surface area contributed by atoms with Crippen LogP contribution in [0.1, 0.15) is 32.0 Å². The highest BCUT2D eigenvalue weighted by atomic mass is 32.1. The summed E-state index contributed by atoms with van der Waals surface area (Å²) < 4.78 is 4.03. The van der Waals surface area contributed by atoms with Crippen LogP contribution in [0.2, 0.25) is 0 Å². The molecule has 0 saturated carbocycles. The largest absolute Gasteiger partial charge is 0.310 e. The van der Waals surface area contributed by atoms with Crippen LogP contribution in [0.15, 0.2) is 16.9 Å². The fourth-order valence-electron chi connectivity index (χ4n) is 2.13. The molecule has 5 nitrogen and oxygen atoms in total. The van der Waals surface area contributed by atoms with E-state index >= 15 is 0 Å². The number of hydrogen-bond acceptors (Lipinski definition) is 3. The lowest BCUT2D eigenvalue weighted by molar-refractivity contribution is 0.503. The zero-order valence-corrected chi connectivity index (χ0v) is 12.4. The molecule has 0 radical (unpaired) electrons. The van der Waals surface area contributed by atoms with Gasteiger partial charge in [-0.25, -0.2) is 0 Å². The van der Waals surface area contributed by atoms with Crippen LogP contribution < -0.4 is 5.56 Å². The third-order valence-corrected chi connectivity index (χ3v) is 3.84. The van der Waals surface area contributed by atoms with Gasteiger partial charge in [0, 0.05) is 18.8 Å². The lowest BCUT2D eigenvalue weighted by atomic mass is 10.2. The number of aryl methyl sites for hydroxylation is 1.